The zero-order valence-electron chi connectivity index (χ0n) is 17.5. The molecule has 0 aliphatic carbocycles. The number of nitrogens with two attached hydrogens (primary N) is 1. The molecule has 1 saturated heterocycles. The smallest absolute Gasteiger partial charge is 0.385 e. The third-order valence-electron chi connectivity index (χ3n) is 4.85. The Morgan fingerprint density at radius 1 is 1.18 bits per heavy atom. The summed E-state index contributed by atoms with van der Waals surface area (Å²) in [6.07, 6.45) is -4.76. The van der Waals surface area contributed by atoms with E-state index in [1.165, 1.54) is 24.3 Å². The molecule has 1 aliphatic rings. The van der Waals surface area contributed by atoms with Crippen molar-refractivity contribution in [2.75, 3.05) is 26.2 Å². The minimum Gasteiger partial charge on any atom is -0.385 e. The Balaban J connectivity index is 1.89. The SMILES string of the molecule is N=C(N)c1ccc(C(=O)NCCCCC(C(=O)OC(=O)C(F)(F)F)N2CCNCC2=O)cc1. The highest BCUT2D eigenvalue weighted by molar-refractivity contribution is 5.98. The molecule has 2 rings (SSSR count). The molecule has 1 fully saturated rings. The van der Waals surface area contributed by atoms with Gasteiger partial charge in [-0.3, -0.25) is 15.0 Å². The number of carbonyl (C=O) groups is 4. The van der Waals surface area contributed by atoms with Gasteiger partial charge in [-0.15, -0.1) is 0 Å². The molecule has 13 heteroatoms. The van der Waals surface area contributed by atoms with Gasteiger partial charge < -0.3 is 26.0 Å². The molecule has 1 aromatic rings. The van der Waals surface area contributed by atoms with Crippen LogP contribution in [0.25, 0.3) is 0 Å². The van der Waals surface area contributed by atoms with Crippen LogP contribution in [-0.2, 0) is 19.1 Å². The van der Waals surface area contributed by atoms with E-state index in [1.807, 2.05) is 0 Å². The van der Waals surface area contributed by atoms with Crippen LogP contribution in [0.15, 0.2) is 24.3 Å². The van der Waals surface area contributed by atoms with Crippen LogP contribution < -0.4 is 16.4 Å². The molecule has 1 heterocycles. The molecule has 0 spiro atoms. The molecule has 0 aromatic heterocycles. The molecule has 1 atom stereocenters. The topological polar surface area (TPSA) is 155 Å². The number of ether oxygens (including phenoxy) is 1. The Morgan fingerprint density at radius 2 is 1.82 bits per heavy atom. The summed E-state index contributed by atoms with van der Waals surface area (Å²) in [5.41, 5.74) is 6.17. The van der Waals surface area contributed by atoms with E-state index >= 15 is 0 Å². The first-order valence-corrected chi connectivity index (χ1v) is 10.1. The highest BCUT2D eigenvalue weighted by Gasteiger charge is 2.44. The number of piperazine rings is 1. The second kappa shape index (κ2) is 11.4. The van der Waals surface area contributed by atoms with Gasteiger partial charge in [0.15, 0.2) is 0 Å². The van der Waals surface area contributed by atoms with Crippen LogP contribution in [0.2, 0.25) is 0 Å². The number of nitrogen functional groups attached to an aromatic ring is 1. The highest BCUT2D eigenvalue weighted by Crippen LogP contribution is 2.19. The van der Waals surface area contributed by atoms with Crippen LogP contribution in [0, 0.1) is 5.41 Å². The Labute approximate surface area is 187 Å². The summed E-state index contributed by atoms with van der Waals surface area (Å²) in [6.45, 7) is 0.522. The highest BCUT2D eigenvalue weighted by atomic mass is 19.4. The fourth-order valence-corrected chi connectivity index (χ4v) is 3.14. The maximum absolute atomic E-state index is 12.4. The number of rotatable bonds is 9. The maximum Gasteiger partial charge on any atom is 0.491 e. The number of benzene rings is 1. The van der Waals surface area contributed by atoms with Crippen molar-refractivity contribution in [3.63, 3.8) is 0 Å². The molecule has 1 unspecified atom stereocenters. The van der Waals surface area contributed by atoms with Crippen molar-refractivity contribution in [1.29, 1.82) is 5.41 Å². The summed E-state index contributed by atoms with van der Waals surface area (Å²) < 4.78 is 41.3. The fraction of sp³-hybridized carbons (Fsp3) is 0.450. The number of alkyl halides is 3. The molecule has 1 aromatic carbocycles. The van der Waals surface area contributed by atoms with Crippen molar-refractivity contribution in [2.24, 2.45) is 5.73 Å². The molecular formula is C20H24F3N5O5. The lowest BCUT2D eigenvalue weighted by Crippen LogP contribution is -2.55. The van der Waals surface area contributed by atoms with Gasteiger partial charge in [-0.25, -0.2) is 9.59 Å². The van der Waals surface area contributed by atoms with Crippen molar-refractivity contribution < 1.29 is 37.1 Å². The van der Waals surface area contributed by atoms with E-state index in [1.54, 1.807) is 0 Å². The van der Waals surface area contributed by atoms with E-state index < -0.39 is 30.1 Å². The molecule has 0 radical (unpaired) electrons. The lowest BCUT2D eigenvalue weighted by Gasteiger charge is -2.33. The Morgan fingerprint density at radius 3 is 2.39 bits per heavy atom. The van der Waals surface area contributed by atoms with E-state index in [0.717, 1.165) is 4.90 Å². The fourth-order valence-electron chi connectivity index (χ4n) is 3.14. The largest absolute Gasteiger partial charge is 0.491 e. The van der Waals surface area contributed by atoms with Crippen LogP contribution >= 0.6 is 0 Å². The van der Waals surface area contributed by atoms with Gasteiger partial charge in [0.05, 0.1) is 6.54 Å². The third-order valence-corrected chi connectivity index (χ3v) is 4.85. The standard InChI is InChI=1S/C20H24F3N5O5/c21-20(22,23)19(32)33-18(31)14(28-10-9-26-11-15(28)29)3-1-2-8-27-17(30)13-6-4-12(5-7-13)16(24)25/h4-7,14,26H,1-3,8-11H2,(H3,24,25)(H,27,30). The quantitative estimate of drug-likeness (QED) is 0.133. The van der Waals surface area contributed by atoms with Crippen LogP contribution in [0.3, 0.4) is 0 Å². The van der Waals surface area contributed by atoms with Gasteiger partial charge in [-0.2, -0.15) is 13.2 Å². The van der Waals surface area contributed by atoms with Gasteiger partial charge >= 0.3 is 18.1 Å². The summed E-state index contributed by atoms with van der Waals surface area (Å²) in [7, 11) is 0. The molecule has 5 N–H and O–H groups in total. The van der Waals surface area contributed by atoms with Gasteiger partial charge in [-0.05, 0) is 31.4 Å². The molecule has 2 amide bonds. The van der Waals surface area contributed by atoms with E-state index in [2.05, 4.69) is 15.4 Å². The Bertz CT molecular complexity index is 904. The number of nitrogens with one attached hydrogen (secondary N) is 3. The van der Waals surface area contributed by atoms with Gasteiger partial charge in [-0.1, -0.05) is 12.1 Å². The molecule has 0 saturated carbocycles. The normalized spacial score (nSPS) is 15.0. The first-order valence-electron chi connectivity index (χ1n) is 10.1. The van der Waals surface area contributed by atoms with Crippen molar-refractivity contribution in [1.82, 2.24) is 15.5 Å². The van der Waals surface area contributed by atoms with Gasteiger partial charge in [0.2, 0.25) is 5.91 Å². The molecule has 33 heavy (non-hydrogen) atoms. The first-order chi connectivity index (χ1) is 15.5. The van der Waals surface area contributed by atoms with Gasteiger partial charge in [0.25, 0.3) is 5.91 Å². The Hall–Kier alpha value is -3.48. The number of unbranched alkanes of at least 4 members (excludes halogenated alkanes) is 1. The van der Waals surface area contributed by atoms with E-state index in [0.29, 0.717) is 24.1 Å². The number of nitrogens with zero attached hydrogens (tertiary/aromatic N) is 1. The molecule has 180 valence electrons. The Kier molecular flexibility index (Phi) is 8.91. The summed E-state index contributed by atoms with van der Waals surface area (Å²) in [5.74, 6) is -5.08. The molecule has 10 nitrogen and oxygen atoms in total. The second-order valence-corrected chi connectivity index (χ2v) is 7.23. The number of halogens is 3. The van der Waals surface area contributed by atoms with Crippen LogP contribution in [0.1, 0.15) is 35.2 Å². The number of amidine groups is 1. The zero-order chi connectivity index (χ0) is 24.6. The summed E-state index contributed by atoms with van der Waals surface area (Å²) >= 11 is 0. The van der Waals surface area contributed by atoms with Crippen molar-refractivity contribution in [3.8, 4) is 0 Å². The average Bonchev–Trinajstić information content (AvgIpc) is 2.76. The van der Waals surface area contributed by atoms with Crippen LogP contribution in [-0.4, -0.2) is 72.9 Å². The number of hydrogen-bond acceptors (Lipinski definition) is 7. The van der Waals surface area contributed by atoms with Crippen molar-refractivity contribution >= 4 is 29.6 Å². The number of hydrogen-bond donors (Lipinski definition) is 4. The van der Waals surface area contributed by atoms with E-state index in [4.69, 9.17) is 11.1 Å². The van der Waals surface area contributed by atoms with E-state index in [-0.39, 0.29) is 44.2 Å². The summed E-state index contributed by atoms with van der Waals surface area (Å²) in [4.78, 5) is 48.6. The van der Waals surface area contributed by atoms with Gasteiger partial charge in [0.1, 0.15) is 11.9 Å². The first kappa shape index (κ1) is 25.8. The summed E-state index contributed by atoms with van der Waals surface area (Å²) in [6, 6.07) is 4.72. The van der Waals surface area contributed by atoms with Crippen LogP contribution in [0.5, 0.6) is 0 Å². The monoisotopic (exact) mass is 471 g/mol. The number of amides is 2. The number of esters is 2. The van der Waals surface area contributed by atoms with Gasteiger partial charge in [0, 0.05) is 30.8 Å². The lowest BCUT2D eigenvalue weighted by atomic mass is 10.1. The molecule has 1 aliphatic heterocycles. The zero-order valence-corrected chi connectivity index (χ0v) is 17.5. The van der Waals surface area contributed by atoms with Crippen molar-refractivity contribution in [2.45, 2.75) is 31.5 Å². The maximum atomic E-state index is 12.4. The van der Waals surface area contributed by atoms with Crippen LogP contribution in [0.4, 0.5) is 13.2 Å². The number of carbonyl (C=O) groups excluding carboxylic acids is 4. The predicted octanol–water partition coefficient (Wildman–Crippen LogP) is 0.303. The lowest BCUT2D eigenvalue weighted by molar-refractivity contribution is -0.203. The third kappa shape index (κ3) is 7.56. The summed E-state index contributed by atoms with van der Waals surface area (Å²) in [5, 5.41) is 12.8. The van der Waals surface area contributed by atoms with E-state index in [9.17, 15) is 32.3 Å². The minimum absolute atomic E-state index is 0.0428. The molecule has 0 bridgehead atoms. The minimum atomic E-state index is -5.33. The second-order valence-electron chi connectivity index (χ2n) is 7.23. The van der Waals surface area contributed by atoms with Crippen molar-refractivity contribution in [3.05, 3.63) is 35.4 Å². The average molecular weight is 471 g/mol. The molecular weight excluding hydrogens is 447 g/mol. The predicted molar refractivity (Wildman–Crippen MR) is 109 cm³/mol.